The lowest BCUT2D eigenvalue weighted by Crippen LogP contribution is -2.21. The molecule has 1 aromatic carbocycles. The standard InChI is InChI=1S/C18H22BrNO3/c1-3-4-10-22-18-14(11-15(12-19)23-13(2)21)7-8-17-16(18)6-5-9-20-17/h5-9,15H,3-4,10-12H2,1-2H3. The first kappa shape index (κ1) is 17.7. The third kappa shape index (κ3) is 4.93. The van der Waals surface area contributed by atoms with Gasteiger partial charge < -0.3 is 9.47 Å². The molecule has 5 heteroatoms. The minimum absolute atomic E-state index is 0.213. The van der Waals surface area contributed by atoms with Crippen molar-refractivity contribution in [2.24, 2.45) is 0 Å². The number of hydrogen-bond donors (Lipinski definition) is 0. The number of alkyl halides is 1. The zero-order chi connectivity index (χ0) is 16.7. The number of fused-ring (bicyclic) bond motifs is 1. The van der Waals surface area contributed by atoms with Crippen molar-refractivity contribution in [3.8, 4) is 5.75 Å². The molecule has 0 aliphatic carbocycles. The number of unbranched alkanes of at least 4 members (excludes halogenated alkanes) is 1. The van der Waals surface area contributed by atoms with Gasteiger partial charge in [0, 0.05) is 30.3 Å². The van der Waals surface area contributed by atoms with Crippen molar-refractivity contribution in [3.05, 3.63) is 36.0 Å². The fourth-order valence-electron chi connectivity index (χ4n) is 2.43. The number of carbonyl (C=O) groups excluding carboxylic acids is 1. The van der Waals surface area contributed by atoms with Gasteiger partial charge in [0.15, 0.2) is 0 Å². The molecule has 0 amide bonds. The van der Waals surface area contributed by atoms with Crippen LogP contribution >= 0.6 is 15.9 Å². The van der Waals surface area contributed by atoms with Gasteiger partial charge >= 0.3 is 5.97 Å². The normalized spacial score (nSPS) is 12.1. The first-order chi connectivity index (χ1) is 11.2. The van der Waals surface area contributed by atoms with E-state index < -0.39 is 0 Å². The highest BCUT2D eigenvalue weighted by Crippen LogP contribution is 2.30. The number of aromatic nitrogens is 1. The number of esters is 1. The lowest BCUT2D eigenvalue weighted by atomic mass is 10.0. The van der Waals surface area contributed by atoms with E-state index in [-0.39, 0.29) is 12.1 Å². The molecule has 2 aromatic rings. The Kier molecular flexibility index (Phi) is 6.84. The molecule has 0 saturated carbocycles. The van der Waals surface area contributed by atoms with E-state index in [1.165, 1.54) is 6.92 Å². The molecule has 4 nitrogen and oxygen atoms in total. The molecule has 0 aliphatic heterocycles. The van der Waals surface area contributed by atoms with Gasteiger partial charge in [-0.25, -0.2) is 0 Å². The Labute approximate surface area is 145 Å². The summed E-state index contributed by atoms with van der Waals surface area (Å²) in [6.07, 6.45) is 4.25. The predicted molar refractivity (Wildman–Crippen MR) is 95.2 cm³/mol. The van der Waals surface area contributed by atoms with E-state index in [4.69, 9.17) is 9.47 Å². The predicted octanol–water partition coefficient (Wildman–Crippen LogP) is 4.28. The van der Waals surface area contributed by atoms with Crippen LogP contribution in [0.25, 0.3) is 10.9 Å². The highest BCUT2D eigenvalue weighted by molar-refractivity contribution is 9.09. The molecule has 1 aromatic heterocycles. The van der Waals surface area contributed by atoms with Gasteiger partial charge in [0.2, 0.25) is 0 Å². The summed E-state index contributed by atoms with van der Waals surface area (Å²) in [5, 5.41) is 1.59. The van der Waals surface area contributed by atoms with Crippen molar-refractivity contribution in [2.45, 2.75) is 39.2 Å². The number of benzene rings is 1. The van der Waals surface area contributed by atoms with Gasteiger partial charge in [-0.3, -0.25) is 9.78 Å². The molecule has 124 valence electrons. The van der Waals surface area contributed by atoms with Crippen LogP contribution in [0.3, 0.4) is 0 Å². The van der Waals surface area contributed by atoms with Gasteiger partial charge in [-0.1, -0.05) is 35.3 Å². The summed E-state index contributed by atoms with van der Waals surface area (Å²) in [7, 11) is 0. The maximum atomic E-state index is 11.2. The monoisotopic (exact) mass is 379 g/mol. The second-order valence-electron chi connectivity index (χ2n) is 5.42. The Bertz CT molecular complexity index is 660. The number of carbonyl (C=O) groups is 1. The SMILES string of the molecule is CCCCOc1c(CC(CBr)OC(C)=O)ccc2ncccc12. The average Bonchev–Trinajstić information content (AvgIpc) is 2.55. The molecule has 23 heavy (non-hydrogen) atoms. The summed E-state index contributed by atoms with van der Waals surface area (Å²) < 4.78 is 11.4. The van der Waals surface area contributed by atoms with Gasteiger partial charge in [0.25, 0.3) is 0 Å². The minimum Gasteiger partial charge on any atom is -0.493 e. The number of ether oxygens (including phenoxy) is 2. The molecule has 0 bridgehead atoms. The second-order valence-corrected chi connectivity index (χ2v) is 6.06. The number of nitrogens with zero attached hydrogens (tertiary/aromatic N) is 1. The quantitative estimate of drug-likeness (QED) is 0.390. The van der Waals surface area contributed by atoms with Crippen molar-refractivity contribution >= 4 is 32.8 Å². The fraction of sp³-hybridized carbons (Fsp3) is 0.444. The molecular weight excluding hydrogens is 358 g/mol. The molecule has 0 fully saturated rings. The molecule has 0 N–H and O–H groups in total. The Hall–Kier alpha value is -1.62. The Morgan fingerprint density at radius 3 is 2.87 bits per heavy atom. The lowest BCUT2D eigenvalue weighted by molar-refractivity contribution is -0.145. The van der Waals surface area contributed by atoms with E-state index in [1.807, 2.05) is 24.3 Å². The molecule has 1 heterocycles. The number of halogens is 1. The van der Waals surface area contributed by atoms with Gasteiger partial charge in [-0.05, 0) is 30.2 Å². The molecule has 0 aliphatic rings. The van der Waals surface area contributed by atoms with E-state index in [9.17, 15) is 4.79 Å². The Morgan fingerprint density at radius 2 is 2.17 bits per heavy atom. The zero-order valence-corrected chi connectivity index (χ0v) is 15.1. The Morgan fingerprint density at radius 1 is 1.35 bits per heavy atom. The molecule has 0 radical (unpaired) electrons. The van der Waals surface area contributed by atoms with Crippen molar-refractivity contribution in [2.75, 3.05) is 11.9 Å². The van der Waals surface area contributed by atoms with E-state index in [1.54, 1.807) is 6.20 Å². The van der Waals surface area contributed by atoms with E-state index in [0.29, 0.717) is 18.4 Å². The second kappa shape index (κ2) is 8.87. The van der Waals surface area contributed by atoms with Gasteiger partial charge in [0.05, 0.1) is 12.1 Å². The topological polar surface area (TPSA) is 48.4 Å². The maximum Gasteiger partial charge on any atom is 0.302 e. The van der Waals surface area contributed by atoms with Gasteiger partial charge in [-0.2, -0.15) is 0 Å². The molecule has 1 atom stereocenters. The molecule has 0 spiro atoms. The first-order valence-corrected chi connectivity index (χ1v) is 9.00. The first-order valence-electron chi connectivity index (χ1n) is 7.88. The van der Waals surface area contributed by atoms with Gasteiger partial charge in [0.1, 0.15) is 11.9 Å². The highest BCUT2D eigenvalue weighted by Gasteiger charge is 2.17. The smallest absolute Gasteiger partial charge is 0.302 e. The van der Waals surface area contributed by atoms with Crippen LogP contribution in [0.4, 0.5) is 0 Å². The van der Waals surface area contributed by atoms with E-state index in [2.05, 4.69) is 27.8 Å². The highest BCUT2D eigenvalue weighted by atomic mass is 79.9. The van der Waals surface area contributed by atoms with E-state index >= 15 is 0 Å². The third-order valence-corrected chi connectivity index (χ3v) is 4.24. The van der Waals surface area contributed by atoms with Crippen molar-refractivity contribution in [1.29, 1.82) is 0 Å². The van der Waals surface area contributed by atoms with Crippen LogP contribution in [0, 0.1) is 0 Å². The lowest BCUT2D eigenvalue weighted by Gasteiger charge is -2.18. The molecule has 0 saturated heterocycles. The number of rotatable bonds is 8. The minimum atomic E-state index is -0.273. The maximum absolute atomic E-state index is 11.2. The van der Waals surface area contributed by atoms with Crippen LogP contribution in [0.2, 0.25) is 0 Å². The summed E-state index contributed by atoms with van der Waals surface area (Å²) in [6.45, 7) is 4.24. The summed E-state index contributed by atoms with van der Waals surface area (Å²) in [5.74, 6) is 0.576. The van der Waals surface area contributed by atoms with Gasteiger partial charge in [-0.15, -0.1) is 0 Å². The summed E-state index contributed by atoms with van der Waals surface area (Å²) in [5.41, 5.74) is 1.94. The van der Waals surface area contributed by atoms with Crippen LogP contribution in [0.5, 0.6) is 5.75 Å². The molecule has 2 rings (SSSR count). The van der Waals surface area contributed by atoms with Crippen LogP contribution in [-0.4, -0.2) is 29.0 Å². The molecular formula is C18H22BrNO3. The number of hydrogen-bond acceptors (Lipinski definition) is 4. The van der Waals surface area contributed by atoms with Crippen molar-refractivity contribution < 1.29 is 14.3 Å². The van der Waals surface area contributed by atoms with Crippen molar-refractivity contribution in [1.82, 2.24) is 4.98 Å². The fourth-order valence-corrected chi connectivity index (χ4v) is 2.79. The average molecular weight is 380 g/mol. The van der Waals surface area contributed by atoms with E-state index in [0.717, 1.165) is 35.1 Å². The van der Waals surface area contributed by atoms with Crippen LogP contribution in [0.1, 0.15) is 32.3 Å². The van der Waals surface area contributed by atoms with Crippen LogP contribution in [-0.2, 0) is 16.0 Å². The summed E-state index contributed by atoms with van der Waals surface area (Å²) in [6, 6.07) is 7.92. The summed E-state index contributed by atoms with van der Waals surface area (Å²) >= 11 is 3.41. The number of pyridine rings is 1. The third-order valence-electron chi connectivity index (χ3n) is 3.51. The van der Waals surface area contributed by atoms with Crippen molar-refractivity contribution in [3.63, 3.8) is 0 Å². The zero-order valence-electron chi connectivity index (χ0n) is 13.5. The largest absolute Gasteiger partial charge is 0.493 e. The summed E-state index contributed by atoms with van der Waals surface area (Å²) in [4.78, 5) is 15.6. The molecule has 1 unspecified atom stereocenters. The van der Waals surface area contributed by atoms with Crippen LogP contribution < -0.4 is 4.74 Å². The Balaban J connectivity index is 2.32. The van der Waals surface area contributed by atoms with Crippen LogP contribution in [0.15, 0.2) is 30.5 Å².